The van der Waals surface area contributed by atoms with E-state index in [4.69, 9.17) is 4.74 Å². The third-order valence-corrected chi connectivity index (χ3v) is 7.46. The lowest BCUT2D eigenvalue weighted by Gasteiger charge is -2.21. The van der Waals surface area contributed by atoms with Crippen molar-refractivity contribution in [2.24, 2.45) is 11.8 Å². The summed E-state index contributed by atoms with van der Waals surface area (Å²) in [7, 11) is 0. The van der Waals surface area contributed by atoms with E-state index in [0.29, 0.717) is 6.10 Å². The largest absolute Gasteiger partial charge is 0.378 e. The lowest BCUT2D eigenvalue weighted by atomic mass is 9.86. The van der Waals surface area contributed by atoms with Gasteiger partial charge in [-0.25, -0.2) is 0 Å². The first kappa shape index (κ1) is 29.7. The second-order valence-corrected chi connectivity index (χ2v) is 10.4. The molecule has 0 aromatic heterocycles. The van der Waals surface area contributed by atoms with Crippen molar-refractivity contribution in [1.29, 1.82) is 0 Å². The fourth-order valence-electron chi connectivity index (χ4n) is 5.19. The molecule has 1 saturated carbocycles. The fourth-order valence-corrected chi connectivity index (χ4v) is 5.19. The summed E-state index contributed by atoms with van der Waals surface area (Å²) in [6.45, 7) is 5.50. The first-order valence-corrected chi connectivity index (χ1v) is 14.6. The van der Waals surface area contributed by atoms with Crippen LogP contribution in [-0.4, -0.2) is 19.0 Å². The summed E-state index contributed by atoms with van der Waals surface area (Å²) in [5.41, 5.74) is 0. The standard InChI is InChI=1S/C30H56O2/c1-3-5-7-13-19-28(24-25-29(27-31)21-14-8-6-4-2)20-15-10-9-11-18-26-32-30-22-16-12-17-23-30/h12,28-30H,3-11,13-26H2,1-2H3. The summed E-state index contributed by atoms with van der Waals surface area (Å²) in [5, 5.41) is 0. The van der Waals surface area contributed by atoms with Gasteiger partial charge in [-0.3, -0.25) is 4.79 Å². The van der Waals surface area contributed by atoms with E-state index in [1.165, 1.54) is 128 Å². The molecule has 0 aromatic carbocycles. The van der Waals surface area contributed by atoms with Gasteiger partial charge in [-0.05, 0) is 63.7 Å². The minimum Gasteiger partial charge on any atom is -0.378 e. The van der Waals surface area contributed by atoms with E-state index < -0.39 is 0 Å². The van der Waals surface area contributed by atoms with Crippen LogP contribution in [0.5, 0.6) is 0 Å². The number of rotatable bonds is 23. The monoisotopic (exact) mass is 448 g/mol. The molecule has 0 aliphatic heterocycles. The highest BCUT2D eigenvalue weighted by molar-refractivity contribution is 5.54. The minimum atomic E-state index is 0.187. The Morgan fingerprint density at radius 2 is 1.28 bits per heavy atom. The molecule has 188 valence electrons. The van der Waals surface area contributed by atoms with E-state index in [-0.39, 0.29) is 5.92 Å². The highest BCUT2D eigenvalue weighted by Crippen LogP contribution is 2.26. The maximum atomic E-state index is 11.4. The van der Waals surface area contributed by atoms with Crippen molar-refractivity contribution in [3.05, 3.63) is 6.42 Å². The van der Waals surface area contributed by atoms with E-state index in [1.54, 1.807) is 0 Å². The van der Waals surface area contributed by atoms with Gasteiger partial charge < -0.3 is 4.74 Å². The molecule has 0 heterocycles. The molecule has 2 unspecified atom stereocenters. The molecule has 1 aliphatic carbocycles. The van der Waals surface area contributed by atoms with E-state index in [9.17, 15) is 4.79 Å². The number of unbranched alkanes of at least 4 members (excludes halogenated alkanes) is 10. The summed E-state index contributed by atoms with van der Waals surface area (Å²) >= 11 is 0. The van der Waals surface area contributed by atoms with Gasteiger partial charge in [0.15, 0.2) is 0 Å². The first-order valence-electron chi connectivity index (χ1n) is 14.6. The summed E-state index contributed by atoms with van der Waals surface area (Å²) in [6, 6.07) is 0. The van der Waals surface area contributed by atoms with Gasteiger partial charge in [-0.2, -0.15) is 0 Å². The van der Waals surface area contributed by atoms with Crippen molar-refractivity contribution >= 4 is 6.29 Å². The van der Waals surface area contributed by atoms with Crippen LogP contribution in [0, 0.1) is 18.3 Å². The van der Waals surface area contributed by atoms with Gasteiger partial charge in [0.05, 0.1) is 6.10 Å². The summed E-state index contributed by atoms with van der Waals surface area (Å²) in [4.78, 5) is 11.4. The van der Waals surface area contributed by atoms with Crippen molar-refractivity contribution in [1.82, 2.24) is 0 Å². The molecule has 1 aliphatic rings. The average molecular weight is 449 g/mol. The summed E-state index contributed by atoms with van der Waals surface area (Å²) in [6.07, 6.45) is 33.5. The zero-order valence-electron chi connectivity index (χ0n) is 21.9. The number of carbonyl (C=O) groups excluding carboxylic acids is 1. The van der Waals surface area contributed by atoms with Gasteiger partial charge in [0.1, 0.15) is 0 Å². The van der Waals surface area contributed by atoms with Crippen LogP contribution in [0.15, 0.2) is 0 Å². The molecule has 2 radical (unpaired) electrons. The molecule has 2 atom stereocenters. The first-order chi connectivity index (χ1) is 15.8. The SMILES string of the molecule is CCCCCCC([C]=O)CCC(CCCCCC)CCCCCCCOC1CC[CH]CC1. The molecular formula is C30H56O2. The molecule has 2 nitrogen and oxygen atoms in total. The number of hydrogen-bond donors (Lipinski definition) is 0. The predicted molar refractivity (Wildman–Crippen MR) is 140 cm³/mol. The molecule has 32 heavy (non-hydrogen) atoms. The molecular weight excluding hydrogens is 392 g/mol. The molecule has 0 aromatic rings. The molecule has 2 heteroatoms. The summed E-state index contributed by atoms with van der Waals surface area (Å²) < 4.78 is 6.05. The highest BCUT2D eigenvalue weighted by Gasteiger charge is 2.15. The van der Waals surface area contributed by atoms with E-state index in [0.717, 1.165) is 25.4 Å². The van der Waals surface area contributed by atoms with Gasteiger partial charge in [0.2, 0.25) is 6.29 Å². The fraction of sp³-hybridized carbons (Fsp3) is 0.933. The molecule has 1 rings (SSSR count). The zero-order valence-corrected chi connectivity index (χ0v) is 21.9. The quantitative estimate of drug-likeness (QED) is 0.145. The van der Waals surface area contributed by atoms with Crippen molar-refractivity contribution < 1.29 is 9.53 Å². The molecule has 0 saturated heterocycles. The Morgan fingerprint density at radius 1 is 0.719 bits per heavy atom. The van der Waals surface area contributed by atoms with Crippen LogP contribution < -0.4 is 0 Å². The summed E-state index contributed by atoms with van der Waals surface area (Å²) in [5.74, 6) is 1.01. The Hall–Kier alpha value is -0.370. The Labute approximate surface area is 202 Å². The minimum absolute atomic E-state index is 0.187. The van der Waals surface area contributed by atoms with Crippen molar-refractivity contribution in [3.8, 4) is 0 Å². The van der Waals surface area contributed by atoms with Crippen molar-refractivity contribution in [2.75, 3.05) is 6.61 Å². The molecule has 0 spiro atoms. The van der Waals surface area contributed by atoms with Crippen LogP contribution >= 0.6 is 0 Å². The van der Waals surface area contributed by atoms with Crippen LogP contribution in [-0.2, 0) is 9.53 Å². The molecule has 0 bridgehead atoms. The normalized spacial score (nSPS) is 16.8. The maximum absolute atomic E-state index is 11.4. The number of hydrogen-bond acceptors (Lipinski definition) is 2. The van der Waals surface area contributed by atoms with Crippen LogP contribution in [0.3, 0.4) is 0 Å². The predicted octanol–water partition coefficient (Wildman–Crippen LogP) is 9.55. The Balaban J connectivity index is 2.14. The zero-order chi connectivity index (χ0) is 23.1. The second-order valence-electron chi connectivity index (χ2n) is 10.4. The van der Waals surface area contributed by atoms with E-state index in [2.05, 4.69) is 26.6 Å². The van der Waals surface area contributed by atoms with Crippen molar-refractivity contribution in [2.45, 2.75) is 161 Å². The Bertz CT molecular complexity index is 388. The molecule has 1 fully saturated rings. The maximum Gasteiger partial charge on any atom is 0.201 e. The van der Waals surface area contributed by atoms with E-state index >= 15 is 0 Å². The second kappa shape index (κ2) is 22.4. The van der Waals surface area contributed by atoms with Gasteiger partial charge in [-0.1, -0.05) is 104 Å². The van der Waals surface area contributed by atoms with Gasteiger partial charge in [0, 0.05) is 12.5 Å². The lowest BCUT2D eigenvalue weighted by Crippen LogP contribution is -2.17. The van der Waals surface area contributed by atoms with E-state index in [1.807, 2.05) is 0 Å². The smallest absolute Gasteiger partial charge is 0.201 e. The van der Waals surface area contributed by atoms with Gasteiger partial charge in [0.25, 0.3) is 0 Å². The van der Waals surface area contributed by atoms with Gasteiger partial charge >= 0.3 is 0 Å². The third kappa shape index (κ3) is 17.2. The number of ether oxygens (including phenoxy) is 1. The third-order valence-electron chi connectivity index (χ3n) is 7.46. The topological polar surface area (TPSA) is 26.3 Å². The molecule has 0 N–H and O–H groups in total. The van der Waals surface area contributed by atoms with Crippen LogP contribution in [0.25, 0.3) is 0 Å². The van der Waals surface area contributed by atoms with Crippen LogP contribution in [0.4, 0.5) is 0 Å². The Kier molecular flexibility index (Phi) is 20.8. The van der Waals surface area contributed by atoms with Crippen LogP contribution in [0.1, 0.15) is 155 Å². The Morgan fingerprint density at radius 3 is 1.91 bits per heavy atom. The van der Waals surface area contributed by atoms with Crippen molar-refractivity contribution in [3.63, 3.8) is 0 Å². The highest BCUT2D eigenvalue weighted by atomic mass is 16.5. The average Bonchev–Trinajstić information content (AvgIpc) is 2.83. The van der Waals surface area contributed by atoms with Crippen LogP contribution in [0.2, 0.25) is 0 Å². The van der Waals surface area contributed by atoms with Gasteiger partial charge in [-0.15, -0.1) is 0 Å². The lowest BCUT2D eigenvalue weighted by molar-refractivity contribution is 0.0325. The molecule has 0 amide bonds.